The number of ether oxygens (including phenoxy) is 2. The van der Waals surface area contributed by atoms with Crippen molar-refractivity contribution in [3.8, 4) is 11.6 Å². The van der Waals surface area contributed by atoms with Crippen LogP contribution in [0.1, 0.15) is 53.8 Å². The highest BCUT2D eigenvalue weighted by atomic mass is 16.5. The molecule has 0 radical (unpaired) electrons. The average molecular weight is 473 g/mol. The van der Waals surface area contributed by atoms with Crippen molar-refractivity contribution < 1.29 is 19.7 Å². The summed E-state index contributed by atoms with van der Waals surface area (Å²) in [5.74, 6) is 1.00. The van der Waals surface area contributed by atoms with Gasteiger partial charge in [0, 0.05) is 5.56 Å². The number of nitrogens with zero attached hydrogens (tertiary/aromatic N) is 2. The summed E-state index contributed by atoms with van der Waals surface area (Å²) >= 11 is 0. The summed E-state index contributed by atoms with van der Waals surface area (Å²) in [6.45, 7) is 5.04. The lowest BCUT2D eigenvalue weighted by molar-refractivity contribution is 0.198. The van der Waals surface area contributed by atoms with Crippen molar-refractivity contribution >= 4 is 0 Å². The third kappa shape index (κ3) is 5.91. The van der Waals surface area contributed by atoms with Crippen LogP contribution < -0.4 is 9.47 Å². The molecule has 0 saturated carbocycles. The van der Waals surface area contributed by atoms with E-state index in [1.54, 1.807) is 4.68 Å². The van der Waals surface area contributed by atoms with Crippen LogP contribution in [0.3, 0.4) is 0 Å². The molecule has 0 aliphatic rings. The quantitative estimate of drug-likeness (QED) is 0.312. The van der Waals surface area contributed by atoms with Crippen molar-refractivity contribution in [3.63, 3.8) is 0 Å². The van der Waals surface area contributed by atoms with Crippen LogP contribution >= 0.6 is 0 Å². The van der Waals surface area contributed by atoms with Crippen LogP contribution in [0, 0.1) is 0 Å². The standard InChI is InChI=1S/C29H32N2O4/c1-21(2)27-26(29(30-31(27)17-18-32)35-20-23-13-7-4-8-14-23)28(33)24-15-9-10-16-25(24)34-19-22-11-5-3-6-12-22/h3-16,21,28,32-33H,17-20H2,1-2H3. The fraction of sp³-hybridized carbons (Fsp3) is 0.276. The first kappa shape index (κ1) is 24.5. The van der Waals surface area contributed by atoms with E-state index in [2.05, 4.69) is 5.10 Å². The monoisotopic (exact) mass is 472 g/mol. The van der Waals surface area contributed by atoms with E-state index in [4.69, 9.17) is 9.47 Å². The molecule has 4 aromatic rings. The van der Waals surface area contributed by atoms with Crippen LogP contribution in [-0.2, 0) is 19.8 Å². The maximum absolute atomic E-state index is 11.7. The number of hydrogen-bond acceptors (Lipinski definition) is 5. The van der Waals surface area contributed by atoms with Crippen molar-refractivity contribution in [2.45, 2.75) is 45.6 Å². The van der Waals surface area contributed by atoms with Gasteiger partial charge in [-0.1, -0.05) is 92.7 Å². The number of benzene rings is 3. The second-order valence-corrected chi connectivity index (χ2v) is 8.69. The molecule has 0 saturated heterocycles. The summed E-state index contributed by atoms with van der Waals surface area (Å²) in [6, 6.07) is 27.3. The first-order valence-corrected chi connectivity index (χ1v) is 11.9. The summed E-state index contributed by atoms with van der Waals surface area (Å²) in [5, 5.41) is 26.0. The zero-order chi connectivity index (χ0) is 24.6. The molecule has 0 bridgehead atoms. The molecular weight excluding hydrogens is 440 g/mol. The van der Waals surface area contributed by atoms with Gasteiger partial charge in [0.25, 0.3) is 0 Å². The Morgan fingerprint density at radius 1 is 0.800 bits per heavy atom. The Bertz CT molecular complexity index is 1210. The zero-order valence-electron chi connectivity index (χ0n) is 20.2. The fourth-order valence-electron chi connectivity index (χ4n) is 4.16. The molecule has 1 heterocycles. The first-order chi connectivity index (χ1) is 17.1. The Hall–Kier alpha value is -3.61. The first-order valence-electron chi connectivity index (χ1n) is 11.9. The van der Waals surface area contributed by atoms with E-state index < -0.39 is 6.10 Å². The maximum Gasteiger partial charge on any atom is 0.239 e. The maximum atomic E-state index is 11.7. The molecule has 6 nitrogen and oxygen atoms in total. The van der Waals surface area contributed by atoms with Crippen molar-refractivity contribution in [2.75, 3.05) is 6.61 Å². The van der Waals surface area contributed by atoms with Crippen molar-refractivity contribution in [1.82, 2.24) is 9.78 Å². The Morgan fingerprint density at radius 3 is 1.97 bits per heavy atom. The molecule has 4 rings (SSSR count). The molecule has 1 atom stereocenters. The summed E-state index contributed by atoms with van der Waals surface area (Å²) in [7, 11) is 0. The predicted molar refractivity (Wildman–Crippen MR) is 135 cm³/mol. The summed E-state index contributed by atoms with van der Waals surface area (Å²) < 4.78 is 14.0. The van der Waals surface area contributed by atoms with E-state index in [-0.39, 0.29) is 12.5 Å². The molecule has 0 spiro atoms. The van der Waals surface area contributed by atoms with E-state index in [1.165, 1.54) is 0 Å². The Kier molecular flexibility index (Phi) is 8.19. The van der Waals surface area contributed by atoms with E-state index in [9.17, 15) is 10.2 Å². The van der Waals surface area contributed by atoms with Crippen LogP contribution in [0.2, 0.25) is 0 Å². The molecule has 6 heteroatoms. The van der Waals surface area contributed by atoms with Crippen LogP contribution in [0.15, 0.2) is 84.9 Å². The molecule has 1 aromatic heterocycles. The molecular formula is C29H32N2O4. The molecule has 0 fully saturated rings. The van der Waals surface area contributed by atoms with Crippen LogP contribution in [0.4, 0.5) is 0 Å². The molecule has 3 aromatic carbocycles. The van der Waals surface area contributed by atoms with Gasteiger partial charge in [-0.05, 0) is 23.1 Å². The van der Waals surface area contributed by atoms with Gasteiger partial charge in [0.05, 0.1) is 24.4 Å². The highest BCUT2D eigenvalue weighted by Gasteiger charge is 2.29. The van der Waals surface area contributed by atoms with Gasteiger partial charge in [0.1, 0.15) is 25.1 Å². The van der Waals surface area contributed by atoms with E-state index >= 15 is 0 Å². The highest BCUT2D eigenvalue weighted by Crippen LogP contribution is 2.39. The number of aromatic nitrogens is 2. The Labute approximate surface area is 206 Å². The second-order valence-electron chi connectivity index (χ2n) is 8.69. The van der Waals surface area contributed by atoms with E-state index in [0.29, 0.717) is 42.5 Å². The van der Waals surface area contributed by atoms with Gasteiger partial charge in [-0.25, -0.2) is 0 Å². The summed E-state index contributed by atoms with van der Waals surface area (Å²) in [5.41, 5.74) is 4.11. The molecule has 0 aliphatic carbocycles. The topological polar surface area (TPSA) is 76.7 Å². The molecule has 182 valence electrons. The normalized spacial score (nSPS) is 12.0. The molecule has 0 aliphatic heterocycles. The van der Waals surface area contributed by atoms with Crippen molar-refractivity contribution in [2.24, 2.45) is 0 Å². The summed E-state index contributed by atoms with van der Waals surface area (Å²) in [4.78, 5) is 0. The number of aliphatic hydroxyl groups is 2. The number of rotatable bonds is 11. The van der Waals surface area contributed by atoms with Crippen molar-refractivity contribution in [3.05, 3.63) is 113 Å². The molecule has 2 N–H and O–H groups in total. The molecule has 35 heavy (non-hydrogen) atoms. The van der Waals surface area contributed by atoms with Gasteiger partial charge >= 0.3 is 0 Å². The average Bonchev–Trinajstić information content (AvgIpc) is 3.26. The zero-order valence-corrected chi connectivity index (χ0v) is 20.2. The SMILES string of the molecule is CC(C)c1c(C(O)c2ccccc2OCc2ccccc2)c(OCc2ccccc2)nn1CCO. The molecule has 1 unspecified atom stereocenters. The van der Waals surface area contributed by atoms with Gasteiger partial charge in [0.15, 0.2) is 0 Å². The fourth-order valence-corrected chi connectivity index (χ4v) is 4.16. The third-order valence-corrected chi connectivity index (χ3v) is 5.80. The van der Waals surface area contributed by atoms with Gasteiger partial charge < -0.3 is 19.7 Å². The second kappa shape index (κ2) is 11.7. The molecule has 0 amide bonds. The van der Waals surface area contributed by atoms with Gasteiger partial charge in [0.2, 0.25) is 5.88 Å². The smallest absolute Gasteiger partial charge is 0.239 e. The summed E-state index contributed by atoms with van der Waals surface area (Å²) in [6.07, 6.45) is -1.02. The number of hydrogen-bond donors (Lipinski definition) is 2. The van der Waals surface area contributed by atoms with Gasteiger partial charge in [-0.15, -0.1) is 5.10 Å². The largest absolute Gasteiger partial charge is 0.489 e. The Balaban J connectivity index is 1.69. The minimum absolute atomic E-state index is 0.0465. The number of para-hydroxylation sites is 1. The van der Waals surface area contributed by atoms with Crippen molar-refractivity contribution in [1.29, 1.82) is 0 Å². The minimum atomic E-state index is -1.02. The minimum Gasteiger partial charge on any atom is -0.489 e. The predicted octanol–water partition coefficient (Wildman–Crippen LogP) is 5.24. The van der Waals surface area contributed by atoms with Gasteiger partial charge in [-0.3, -0.25) is 4.68 Å². The van der Waals surface area contributed by atoms with Crippen LogP contribution in [0.5, 0.6) is 11.6 Å². The third-order valence-electron chi connectivity index (χ3n) is 5.80. The lowest BCUT2D eigenvalue weighted by atomic mass is 9.96. The lowest BCUT2D eigenvalue weighted by Gasteiger charge is -2.19. The lowest BCUT2D eigenvalue weighted by Crippen LogP contribution is -2.12. The number of aliphatic hydroxyl groups excluding tert-OH is 2. The highest BCUT2D eigenvalue weighted by molar-refractivity contribution is 5.46. The van der Waals surface area contributed by atoms with Crippen LogP contribution in [-0.4, -0.2) is 26.6 Å². The van der Waals surface area contributed by atoms with E-state index in [1.807, 2.05) is 98.8 Å². The van der Waals surface area contributed by atoms with E-state index in [0.717, 1.165) is 16.8 Å². The van der Waals surface area contributed by atoms with Crippen LogP contribution in [0.25, 0.3) is 0 Å². The van der Waals surface area contributed by atoms with Gasteiger partial charge in [-0.2, -0.15) is 0 Å². The Morgan fingerprint density at radius 2 is 1.37 bits per heavy atom.